The van der Waals surface area contributed by atoms with Gasteiger partial charge in [-0.2, -0.15) is 0 Å². The third kappa shape index (κ3) is 4.00. The molecule has 0 aromatic carbocycles. The Hall–Kier alpha value is -0.900. The van der Waals surface area contributed by atoms with Crippen LogP contribution >= 0.6 is 15.9 Å². The third-order valence-corrected chi connectivity index (χ3v) is 2.50. The summed E-state index contributed by atoms with van der Waals surface area (Å²) < 4.78 is 0. The molecule has 0 saturated carbocycles. The van der Waals surface area contributed by atoms with E-state index in [0.717, 1.165) is 17.4 Å². The molecule has 0 aliphatic carbocycles. The molecule has 1 N–H and O–H groups in total. The molecule has 1 amide bonds. The van der Waals surface area contributed by atoms with Crippen molar-refractivity contribution in [1.82, 2.24) is 10.3 Å². The summed E-state index contributed by atoms with van der Waals surface area (Å²) in [5.41, 5.74) is 1.34. The first-order chi connectivity index (χ1) is 7.13. The second-order valence-corrected chi connectivity index (χ2v) is 4.31. The highest BCUT2D eigenvalue weighted by Crippen LogP contribution is 2.00. The lowest BCUT2D eigenvalue weighted by molar-refractivity contribution is 0.0934. The fraction of sp³-hybridized carbons (Fsp3) is 0.455. The molecule has 0 saturated heterocycles. The zero-order valence-corrected chi connectivity index (χ0v) is 10.5. The molecule has 0 fully saturated rings. The van der Waals surface area contributed by atoms with Gasteiger partial charge < -0.3 is 5.32 Å². The number of nitrogens with zero attached hydrogens (tertiary/aromatic N) is 1. The predicted molar refractivity (Wildman–Crippen MR) is 64.3 cm³/mol. The summed E-state index contributed by atoms with van der Waals surface area (Å²) in [6.45, 7) is 3.85. The van der Waals surface area contributed by atoms with E-state index >= 15 is 0 Å². The maximum Gasteiger partial charge on any atom is 0.270 e. The van der Waals surface area contributed by atoms with E-state index in [1.54, 1.807) is 6.07 Å². The van der Waals surface area contributed by atoms with E-state index in [1.165, 1.54) is 0 Å². The van der Waals surface area contributed by atoms with Gasteiger partial charge in [-0.15, -0.1) is 0 Å². The fourth-order valence-corrected chi connectivity index (χ4v) is 1.89. The van der Waals surface area contributed by atoms with Gasteiger partial charge in [0.25, 0.3) is 5.91 Å². The summed E-state index contributed by atoms with van der Waals surface area (Å²) in [6, 6.07) is 5.60. The van der Waals surface area contributed by atoms with Crippen LogP contribution in [0.5, 0.6) is 0 Å². The Morgan fingerprint density at radius 1 is 1.60 bits per heavy atom. The number of nitrogens with one attached hydrogen (secondary N) is 1. The Kier molecular flexibility index (Phi) is 4.75. The maximum atomic E-state index is 11.7. The van der Waals surface area contributed by atoms with Gasteiger partial charge in [0, 0.05) is 17.1 Å². The molecule has 4 heteroatoms. The van der Waals surface area contributed by atoms with Crippen LogP contribution in [0.15, 0.2) is 18.2 Å². The van der Waals surface area contributed by atoms with Crippen molar-refractivity contribution in [3.05, 3.63) is 29.6 Å². The van der Waals surface area contributed by atoms with Crippen molar-refractivity contribution in [2.75, 3.05) is 5.33 Å². The minimum Gasteiger partial charge on any atom is -0.348 e. The Balaban J connectivity index is 2.61. The molecule has 1 aromatic rings. The Morgan fingerprint density at radius 2 is 2.33 bits per heavy atom. The number of amides is 1. The van der Waals surface area contributed by atoms with E-state index in [-0.39, 0.29) is 11.9 Å². The van der Waals surface area contributed by atoms with Gasteiger partial charge in [0.1, 0.15) is 5.69 Å². The van der Waals surface area contributed by atoms with E-state index in [2.05, 4.69) is 26.2 Å². The minimum atomic E-state index is -0.104. The molecular weight excluding hydrogens is 256 g/mol. The zero-order chi connectivity index (χ0) is 11.3. The SMILES string of the molecule is Cc1cccc(C(=O)NC(C)CCBr)n1. The van der Waals surface area contributed by atoms with Gasteiger partial charge in [0.15, 0.2) is 0 Å². The molecule has 0 radical (unpaired) electrons. The van der Waals surface area contributed by atoms with Gasteiger partial charge in [0.2, 0.25) is 0 Å². The lowest BCUT2D eigenvalue weighted by Gasteiger charge is -2.11. The highest BCUT2D eigenvalue weighted by atomic mass is 79.9. The molecule has 0 aliphatic rings. The van der Waals surface area contributed by atoms with Crippen LogP contribution in [0.1, 0.15) is 29.5 Å². The van der Waals surface area contributed by atoms with Crippen molar-refractivity contribution in [3.63, 3.8) is 0 Å². The molecule has 1 heterocycles. The number of alkyl halides is 1. The van der Waals surface area contributed by atoms with Crippen LogP contribution in [0.4, 0.5) is 0 Å². The smallest absolute Gasteiger partial charge is 0.270 e. The van der Waals surface area contributed by atoms with Gasteiger partial charge in [-0.25, -0.2) is 4.98 Å². The average molecular weight is 271 g/mol. The minimum absolute atomic E-state index is 0.104. The first-order valence-electron chi connectivity index (χ1n) is 4.94. The molecule has 0 aliphatic heterocycles. The number of aryl methyl sites for hydroxylation is 1. The number of aromatic nitrogens is 1. The normalized spacial score (nSPS) is 12.2. The topological polar surface area (TPSA) is 42.0 Å². The van der Waals surface area contributed by atoms with Crippen LogP contribution < -0.4 is 5.32 Å². The third-order valence-electron chi connectivity index (χ3n) is 2.04. The van der Waals surface area contributed by atoms with E-state index in [1.807, 2.05) is 26.0 Å². The van der Waals surface area contributed by atoms with Crippen LogP contribution in [0.25, 0.3) is 0 Å². The van der Waals surface area contributed by atoms with E-state index in [0.29, 0.717) is 5.69 Å². The monoisotopic (exact) mass is 270 g/mol. The Labute approximate surface area is 98.4 Å². The van der Waals surface area contributed by atoms with Crippen LogP contribution in [-0.2, 0) is 0 Å². The highest BCUT2D eigenvalue weighted by Gasteiger charge is 2.09. The Morgan fingerprint density at radius 3 is 2.93 bits per heavy atom. The first kappa shape index (κ1) is 12.2. The molecule has 1 rings (SSSR count). The molecule has 1 atom stereocenters. The quantitative estimate of drug-likeness (QED) is 0.854. The van der Waals surface area contributed by atoms with E-state index in [4.69, 9.17) is 0 Å². The summed E-state index contributed by atoms with van der Waals surface area (Å²) in [5.74, 6) is -0.104. The zero-order valence-electron chi connectivity index (χ0n) is 8.96. The number of carbonyl (C=O) groups is 1. The first-order valence-corrected chi connectivity index (χ1v) is 6.06. The second-order valence-electron chi connectivity index (χ2n) is 3.52. The van der Waals surface area contributed by atoms with Crippen LogP contribution in [0.3, 0.4) is 0 Å². The number of pyridine rings is 1. The van der Waals surface area contributed by atoms with Gasteiger partial charge >= 0.3 is 0 Å². The summed E-state index contributed by atoms with van der Waals surface area (Å²) in [6.07, 6.45) is 0.914. The van der Waals surface area contributed by atoms with Crippen LogP contribution in [0, 0.1) is 6.92 Å². The Bertz CT molecular complexity index is 341. The van der Waals surface area contributed by atoms with Crippen molar-refractivity contribution in [3.8, 4) is 0 Å². The van der Waals surface area contributed by atoms with Crippen molar-refractivity contribution >= 4 is 21.8 Å². The highest BCUT2D eigenvalue weighted by molar-refractivity contribution is 9.09. The molecule has 82 valence electrons. The summed E-state index contributed by atoms with van der Waals surface area (Å²) in [7, 11) is 0. The average Bonchev–Trinajstić information content (AvgIpc) is 2.18. The van der Waals surface area contributed by atoms with E-state index < -0.39 is 0 Å². The van der Waals surface area contributed by atoms with Crippen molar-refractivity contribution < 1.29 is 4.79 Å². The van der Waals surface area contributed by atoms with Crippen molar-refractivity contribution in [2.45, 2.75) is 26.3 Å². The fourth-order valence-electron chi connectivity index (χ4n) is 1.20. The lowest BCUT2D eigenvalue weighted by Crippen LogP contribution is -2.33. The number of halogens is 1. The predicted octanol–water partition coefficient (Wildman–Crippen LogP) is 2.29. The molecule has 0 spiro atoms. The maximum absolute atomic E-state index is 11.7. The van der Waals surface area contributed by atoms with Gasteiger partial charge in [-0.3, -0.25) is 4.79 Å². The number of hydrogen-bond donors (Lipinski definition) is 1. The number of rotatable bonds is 4. The van der Waals surface area contributed by atoms with Gasteiger partial charge in [-0.1, -0.05) is 22.0 Å². The van der Waals surface area contributed by atoms with Gasteiger partial charge in [0.05, 0.1) is 0 Å². The number of hydrogen-bond acceptors (Lipinski definition) is 2. The molecule has 3 nitrogen and oxygen atoms in total. The largest absolute Gasteiger partial charge is 0.348 e. The molecule has 15 heavy (non-hydrogen) atoms. The number of carbonyl (C=O) groups excluding carboxylic acids is 1. The molecular formula is C11H15BrN2O. The second kappa shape index (κ2) is 5.85. The van der Waals surface area contributed by atoms with Crippen molar-refractivity contribution in [2.24, 2.45) is 0 Å². The lowest BCUT2D eigenvalue weighted by atomic mass is 10.2. The van der Waals surface area contributed by atoms with Crippen LogP contribution in [0.2, 0.25) is 0 Å². The standard InChI is InChI=1S/C11H15BrN2O/c1-8-4-3-5-10(13-8)11(15)14-9(2)6-7-12/h3-5,9H,6-7H2,1-2H3,(H,14,15). The summed E-state index contributed by atoms with van der Waals surface area (Å²) in [4.78, 5) is 15.9. The van der Waals surface area contributed by atoms with E-state index in [9.17, 15) is 4.79 Å². The molecule has 1 aromatic heterocycles. The van der Waals surface area contributed by atoms with Crippen molar-refractivity contribution in [1.29, 1.82) is 0 Å². The van der Waals surface area contributed by atoms with Gasteiger partial charge in [-0.05, 0) is 32.4 Å². The molecule has 0 bridgehead atoms. The summed E-state index contributed by atoms with van der Waals surface area (Å²) in [5, 5.41) is 3.78. The molecule has 1 unspecified atom stereocenters. The van der Waals surface area contributed by atoms with Crippen LogP contribution in [-0.4, -0.2) is 22.3 Å². The summed E-state index contributed by atoms with van der Waals surface area (Å²) >= 11 is 3.34.